The topological polar surface area (TPSA) is 101 Å². The summed E-state index contributed by atoms with van der Waals surface area (Å²) in [6, 6.07) is 3.97. The van der Waals surface area contributed by atoms with Crippen LogP contribution >= 0.6 is 0 Å². The SMILES string of the molecule is Cc1cnc(C(C)NC(=O)c2ccc(N)c(O)c2)o1. The van der Waals surface area contributed by atoms with Gasteiger partial charge in [0.05, 0.1) is 11.9 Å². The molecule has 2 aromatic rings. The van der Waals surface area contributed by atoms with Crippen LogP contribution in [0.1, 0.15) is 35.0 Å². The number of nitrogens with one attached hydrogen (secondary N) is 1. The number of hydrogen-bond acceptors (Lipinski definition) is 5. The van der Waals surface area contributed by atoms with Gasteiger partial charge in [0.1, 0.15) is 17.6 Å². The number of phenolic OH excluding ortho intramolecular Hbond substituents is 1. The molecule has 1 aromatic heterocycles. The molecule has 0 radical (unpaired) electrons. The van der Waals surface area contributed by atoms with Gasteiger partial charge >= 0.3 is 0 Å². The van der Waals surface area contributed by atoms with Gasteiger partial charge < -0.3 is 20.6 Å². The van der Waals surface area contributed by atoms with Crippen molar-refractivity contribution in [3.05, 3.63) is 41.6 Å². The monoisotopic (exact) mass is 261 g/mol. The fourth-order valence-electron chi connectivity index (χ4n) is 1.60. The number of carbonyl (C=O) groups excluding carboxylic acids is 1. The summed E-state index contributed by atoms with van der Waals surface area (Å²) in [5.41, 5.74) is 6.03. The summed E-state index contributed by atoms with van der Waals surface area (Å²) in [5.74, 6) is 0.665. The lowest BCUT2D eigenvalue weighted by molar-refractivity contribution is 0.0933. The summed E-state index contributed by atoms with van der Waals surface area (Å²) in [6.07, 6.45) is 1.59. The second-order valence-corrected chi connectivity index (χ2v) is 4.28. The van der Waals surface area contributed by atoms with E-state index in [1.165, 1.54) is 18.2 Å². The Hall–Kier alpha value is -2.50. The number of nitrogens with two attached hydrogens (primary N) is 1. The van der Waals surface area contributed by atoms with E-state index in [4.69, 9.17) is 10.2 Å². The molecule has 1 atom stereocenters. The molecular formula is C13H15N3O3. The molecule has 0 saturated carbocycles. The minimum Gasteiger partial charge on any atom is -0.506 e. The van der Waals surface area contributed by atoms with Crippen molar-refractivity contribution in [2.75, 3.05) is 5.73 Å². The van der Waals surface area contributed by atoms with Crippen molar-refractivity contribution in [1.82, 2.24) is 10.3 Å². The summed E-state index contributed by atoms with van der Waals surface area (Å²) in [7, 11) is 0. The number of benzene rings is 1. The number of aromatic hydroxyl groups is 1. The molecule has 0 aliphatic heterocycles. The van der Waals surface area contributed by atoms with Gasteiger partial charge in [-0.05, 0) is 32.0 Å². The maximum absolute atomic E-state index is 12.0. The zero-order valence-electron chi connectivity index (χ0n) is 10.7. The molecule has 1 unspecified atom stereocenters. The van der Waals surface area contributed by atoms with Crippen LogP contribution in [0, 0.1) is 6.92 Å². The second-order valence-electron chi connectivity index (χ2n) is 4.28. The maximum atomic E-state index is 12.0. The van der Waals surface area contributed by atoms with Crippen molar-refractivity contribution in [2.24, 2.45) is 0 Å². The number of aromatic nitrogens is 1. The van der Waals surface area contributed by atoms with E-state index in [1.54, 1.807) is 20.0 Å². The molecule has 100 valence electrons. The summed E-state index contributed by atoms with van der Waals surface area (Å²) < 4.78 is 5.33. The largest absolute Gasteiger partial charge is 0.506 e. The number of rotatable bonds is 3. The van der Waals surface area contributed by atoms with E-state index < -0.39 is 0 Å². The molecule has 4 N–H and O–H groups in total. The summed E-state index contributed by atoms with van der Waals surface area (Å²) in [6.45, 7) is 3.55. The fourth-order valence-corrected chi connectivity index (χ4v) is 1.60. The number of nitrogen functional groups attached to an aromatic ring is 1. The predicted octanol–water partition coefficient (Wildman–Crippen LogP) is 1.76. The van der Waals surface area contributed by atoms with Crippen molar-refractivity contribution in [1.29, 1.82) is 0 Å². The third kappa shape index (κ3) is 2.85. The smallest absolute Gasteiger partial charge is 0.252 e. The summed E-state index contributed by atoms with van der Waals surface area (Å²) >= 11 is 0. The Balaban J connectivity index is 2.10. The van der Waals surface area contributed by atoms with Gasteiger partial charge in [-0.15, -0.1) is 0 Å². The van der Waals surface area contributed by atoms with Gasteiger partial charge in [0.25, 0.3) is 5.91 Å². The van der Waals surface area contributed by atoms with E-state index in [9.17, 15) is 9.90 Å². The fraction of sp³-hybridized carbons (Fsp3) is 0.231. The van der Waals surface area contributed by atoms with E-state index >= 15 is 0 Å². The highest BCUT2D eigenvalue weighted by atomic mass is 16.4. The van der Waals surface area contributed by atoms with E-state index in [0.717, 1.165) is 0 Å². The average molecular weight is 261 g/mol. The Kier molecular flexibility index (Phi) is 3.41. The second kappa shape index (κ2) is 5.01. The van der Waals surface area contributed by atoms with Crippen LogP contribution in [0.15, 0.2) is 28.8 Å². The molecular weight excluding hydrogens is 246 g/mol. The number of anilines is 1. The lowest BCUT2D eigenvalue weighted by Gasteiger charge is -2.11. The van der Waals surface area contributed by atoms with Crippen LogP contribution in [0.3, 0.4) is 0 Å². The van der Waals surface area contributed by atoms with Gasteiger partial charge in [0.15, 0.2) is 0 Å². The molecule has 0 fully saturated rings. The van der Waals surface area contributed by atoms with Crippen LogP contribution < -0.4 is 11.1 Å². The lowest BCUT2D eigenvalue weighted by atomic mass is 10.1. The third-order valence-corrected chi connectivity index (χ3v) is 2.65. The molecule has 6 heteroatoms. The van der Waals surface area contributed by atoms with Crippen molar-refractivity contribution in [3.63, 3.8) is 0 Å². The Morgan fingerprint density at radius 2 is 2.26 bits per heavy atom. The number of amides is 1. The predicted molar refractivity (Wildman–Crippen MR) is 69.6 cm³/mol. The van der Waals surface area contributed by atoms with Crippen LogP contribution in [0.25, 0.3) is 0 Å². The number of carbonyl (C=O) groups is 1. The maximum Gasteiger partial charge on any atom is 0.252 e. The summed E-state index contributed by atoms with van der Waals surface area (Å²) in [5, 5.41) is 12.2. The summed E-state index contributed by atoms with van der Waals surface area (Å²) in [4.78, 5) is 16.0. The standard InChI is InChI=1S/C13H15N3O3/c1-7-6-15-13(19-7)8(2)16-12(18)9-3-4-10(14)11(17)5-9/h3-6,8,17H,14H2,1-2H3,(H,16,18). The Morgan fingerprint density at radius 1 is 1.53 bits per heavy atom. The number of hydrogen-bond donors (Lipinski definition) is 3. The molecule has 1 amide bonds. The van der Waals surface area contributed by atoms with Crippen LogP contribution in [-0.2, 0) is 0 Å². The van der Waals surface area contributed by atoms with Gasteiger partial charge in [-0.3, -0.25) is 4.79 Å². The van der Waals surface area contributed by atoms with Gasteiger partial charge in [0.2, 0.25) is 5.89 Å². The van der Waals surface area contributed by atoms with Gasteiger partial charge in [-0.1, -0.05) is 0 Å². The van der Waals surface area contributed by atoms with Crippen LogP contribution in [0.2, 0.25) is 0 Å². The zero-order valence-corrected chi connectivity index (χ0v) is 10.7. The minimum atomic E-state index is -0.360. The van der Waals surface area contributed by atoms with Crippen molar-refractivity contribution in [3.8, 4) is 5.75 Å². The van der Waals surface area contributed by atoms with Gasteiger partial charge in [0, 0.05) is 5.56 Å². The molecule has 0 bridgehead atoms. The highest BCUT2D eigenvalue weighted by molar-refractivity contribution is 5.95. The van der Waals surface area contributed by atoms with E-state index in [-0.39, 0.29) is 23.4 Å². The van der Waals surface area contributed by atoms with E-state index in [2.05, 4.69) is 10.3 Å². The first-order valence-electron chi connectivity index (χ1n) is 5.79. The van der Waals surface area contributed by atoms with E-state index in [1.807, 2.05) is 0 Å². The van der Waals surface area contributed by atoms with Crippen molar-refractivity contribution < 1.29 is 14.3 Å². The quantitative estimate of drug-likeness (QED) is 0.577. The molecule has 1 aromatic carbocycles. The third-order valence-electron chi connectivity index (χ3n) is 2.65. The minimum absolute atomic E-state index is 0.118. The van der Waals surface area contributed by atoms with Crippen LogP contribution in [0.4, 0.5) is 5.69 Å². The first kappa shape index (κ1) is 12.9. The normalized spacial score (nSPS) is 12.1. The molecule has 6 nitrogen and oxygen atoms in total. The lowest BCUT2D eigenvalue weighted by Crippen LogP contribution is -2.26. The van der Waals surface area contributed by atoms with Crippen molar-refractivity contribution >= 4 is 11.6 Å². The molecule has 2 rings (SSSR count). The molecule has 0 spiro atoms. The number of phenols is 1. The number of oxazole rings is 1. The first-order valence-corrected chi connectivity index (χ1v) is 5.79. The number of nitrogens with zero attached hydrogens (tertiary/aromatic N) is 1. The van der Waals surface area contributed by atoms with Gasteiger partial charge in [-0.2, -0.15) is 0 Å². The zero-order chi connectivity index (χ0) is 14.0. The average Bonchev–Trinajstić information content (AvgIpc) is 2.79. The highest BCUT2D eigenvalue weighted by Gasteiger charge is 2.16. The Morgan fingerprint density at radius 3 is 2.84 bits per heavy atom. The molecule has 0 aliphatic rings. The first-order chi connectivity index (χ1) is 8.97. The highest BCUT2D eigenvalue weighted by Crippen LogP contribution is 2.21. The van der Waals surface area contributed by atoms with Crippen molar-refractivity contribution in [2.45, 2.75) is 19.9 Å². The van der Waals surface area contributed by atoms with Crippen LogP contribution in [-0.4, -0.2) is 16.0 Å². The van der Waals surface area contributed by atoms with E-state index in [0.29, 0.717) is 17.2 Å². The molecule has 0 aliphatic carbocycles. The molecule has 19 heavy (non-hydrogen) atoms. The van der Waals surface area contributed by atoms with Gasteiger partial charge in [-0.25, -0.2) is 4.98 Å². The van der Waals surface area contributed by atoms with Crippen LogP contribution in [0.5, 0.6) is 5.75 Å². The Labute approximate surface area is 110 Å². The molecule has 1 heterocycles. The number of aryl methyl sites for hydroxylation is 1. The molecule has 0 saturated heterocycles. The Bertz CT molecular complexity index is 607.